The fourth-order valence-electron chi connectivity index (χ4n) is 4.30. The number of carbonyl (C=O) groups is 1. The highest BCUT2D eigenvalue weighted by Gasteiger charge is 2.23. The number of nitrogens with zero attached hydrogens (tertiary/aromatic N) is 5. The predicted molar refractivity (Wildman–Crippen MR) is 113 cm³/mol. The lowest BCUT2D eigenvalue weighted by molar-refractivity contribution is -0.130. The van der Waals surface area contributed by atoms with E-state index in [-0.39, 0.29) is 12.7 Å². The molecule has 4 heterocycles. The Hall–Kier alpha value is -3.03. The first-order chi connectivity index (χ1) is 14.8. The van der Waals surface area contributed by atoms with E-state index in [1.165, 1.54) is 19.3 Å². The summed E-state index contributed by atoms with van der Waals surface area (Å²) in [6.45, 7) is 5.31. The minimum absolute atomic E-state index is 0.139. The van der Waals surface area contributed by atoms with Gasteiger partial charge in [0.15, 0.2) is 23.1 Å². The highest BCUT2D eigenvalue weighted by molar-refractivity contribution is 5.79. The van der Waals surface area contributed by atoms with Gasteiger partial charge < -0.3 is 24.2 Å². The molecule has 1 amide bonds. The molecule has 0 atom stereocenters. The molecule has 3 aliphatic heterocycles. The Morgan fingerprint density at radius 3 is 2.17 bits per heavy atom. The highest BCUT2D eigenvalue weighted by atomic mass is 16.7. The third-order valence-corrected chi connectivity index (χ3v) is 6.07. The number of rotatable bonds is 4. The molecule has 158 valence electrons. The normalized spacial score (nSPS) is 18.6. The Kier molecular flexibility index (Phi) is 5.29. The van der Waals surface area contributed by atoms with Gasteiger partial charge >= 0.3 is 0 Å². The molecule has 0 aliphatic carbocycles. The number of aromatic nitrogens is 2. The second-order valence-corrected chi connectivity index (χ2v) is 8.03. The van der Waals surface area contributed by atoms with Crippen LogP contribution in [0.1, 0.15) is 24.8 Å². The van der Waals surface area contributed by atoms with Crippen molar-refractivity contribution in [3.05, 3.63) is 35.9 Å². The second-order valence-electron chi connectivity index (χ2n) is 8.03. The zero-order chi connectivity index (χ0) is 20.3. The summed E-state index contributed by atoms with van der Waals surface area (Å²) in [4.78, 5) is 19.2. The highest BCUT2D eigenvalue weighted by Crippen LogP contribution is 2.32. The minimum atomic E-state index is 0.139. The van der Waals surface area contributed by atoms with Crippen molar-refractivity contribution in [1.82, 2.24) is 15.1 Å². The van der Waals surface area contributed by atoms with E-state index in [0.29, 0.717) is 19.5 Å². The third-order valence-electron chi connectivity index (χ3n) is 6.07. The topological polar surface area (TPSA) is 71.0 Å². The standard InChI is InChI=1S/C22H27N5O3/c28-22(15-17-4-5-18-19(14-17)30-16-29-18)27-12-10-26(11-13-27)21-7-6-20(23-24-21)25-8-2-1-3-9-25/h4-7,14H,1-3,8-13,15-16H2. The van der Waals surface area contributed by atoms with Gasteiger partial charge in [0.2, 0.25) is 12.7 Å². The zero-order valence-corrected chi connectivity index (χ0v) is 17.1. The first-order valence-corrected chi connectivity index (χ1v) is 10.8. The average molecular weight is 409 g/mol. The molecule has 0 N–H and O–H groups in total. The van der Waals surface area contributed by atoms with Crippen LogP contribution in [-0.4, -0.2) is 67.1 Å². The summed E-state index contributed by atoms with van der Waals surface area (Å²) in [6, 6.07) is 9.83. The summed E-state index contributed by atoms with van der Waals surface area (Å²) in [5.41, 5.74) is 0.950. The summed E-state index contributed by atoms with van der Waals surface area (Å²) in [6.07, 6.45) is 4.14. The van der Waals surface area contributed by atoms with Gasteiger partial charge in [0.1, 0.15) is 0 Å². The monoisotopic (exact) mass is 409 g/mol. The molecule has 0 unspecified atom stereocenters. The lowest BCUT2D eigenvalue weighted by Crippen LogP contribution is -2.49. The van der Waals surface area contributed by atoms with Crippen LogP contribution in [-0.2, 0) is 11.2 Å². The van der Waals surface area contributed by atoms with Crippen LogP contribution in [0.5, 0.6) is 11.5 Å². The van der Waals surface area contributed by atoms with Gasteiger partial charge in [-0.15, -0.1) is 10.2 Å². The molecule has 2 saturated heterocycles. The largest absolute Gasteiger partial charge is 0.454 e. The lowest BCUT2D eigenvalue weighted by atomic mass is 10.1. The summed E-state index contributed by atoms with van der Waals surface area (Å²) in [5, 5.41) is 8.90. The average Bonchev–Trinajstić information content (AvgIpc) is 3.28. The van der Waals surface area contributed by atoms with Crippen LogP contribution in [0.3, 0.4) is 0 Å². The fourth-order valence-corrected chi connectivity index (χ4v) is 4.30. The van der Waals surface area contributed by atoms with Crippen LogP contribution in [0.4, 0.5) is 11.6 Å². The van der Waals surface area contributed by atoms with E-state index in [9.17, 15) is 4.79 Å². The van der Waals surface area contributed by atoms with Crippen LogP contribution in [0.15, 0.2) is 30.3 Å². The molecule has 8 nitrogen and oxygen atoms in total. The van der Waals surface area contributed by atoms with Gasteiger partial charge in [-0.3, -0.25) is 4.79 Å². The molecule has 30 heavy (non-hydrogen) atoms. The lowest BCUT2D eigenvalue weighted by Gasteiger charge is -2.35. The number of hydrogen-bond acceptors (Lipinski definition) is 7. The van der Waals surface area contributed by atoms with Crippen molar-refractivity contribution >= 4 is 17.5 Å². The molecule has 2 aromatic rings. The predicted octanol–water partition coefficient (Wildman–Crippen LogP) is 2.09. The van der Waals surface area contributed by atoms with Crippen LogP contribution in [0, 0.1) is 0 Å². The maximum atomic E-state index is 12.7. The number of benzene rings is 1. The van der Waals surface area contributed by atoms with Crippen molar-refractivity contribution in [2.45, 2.75) is 25.7 Å². The minimum Gasteiger partial charge on any atom is -0.454 e. The fraction of sp³-hybridized carbons (Fsp3) is 0.500. The van der Waals surface area contributed by atoms with Gasteiger partial charge in [0, 0.05) is 39.3 Å². The van der Waals surface area contributed by atoms with Crippen molar-refractivity contribution in [1.29, 1.82) is 0 Å². The first-order valence-electron chi connectivity index (χ1n) is 10.8. The molecule has 0 saturated carbocycles. The summed E-state index contributed by atoms with van der Waals surface area (Å²) >= 11 is 0. The molecule has 3 aliphatic rings. The molecule has 1 aromatic carbocycles. The van der Waals surface area contributed by atoms with E-state index in [4.69, 9.17) is 9.47 Å². The summed E-state index contributed by atoms with van der Waals surface area (Å²) in [7, 11) is 0. The van der Waals surface area contributed by atoms with Crippen LogP contribution >= 0.6 is 0 Å². The SMILES string of the molecule is O=C(Cc1ccc2c(c1)OCO2)N1CCN(c2ccc(N3CCCCC3)nn2)CC1. The molecule has 5 rings (SSSR count). The molecular weight excluding hydrogens is 382 g/mol. The van der Waals surface area contributed by atoms with Gasteiger partial charge in [-0.2, -0.15) is 0 Å². The van der Waals surface area contributed by atoms with E-state index in [0.717, 1.165) is 54.9 Å². The second kappa shape index (κ2) is 8.38. The zero-order valence-electron chi connectivity index (χ0n) is 17.1. The van der Waals surface area contributed by atoms with Crippen LogP contribution < -0.4 is 19.3 Å². The van der Waals surface area contributed by atoms with Crippen LogP contribution in [0.25, 0.3) is 0 Å². The van der Waals surface area contributed by atoms with Gasteiger partial charge in [0.25, 0.3) is 0 Å². The number of amides is 1. The van der Waals surface area contributed by atoms with E-state index >= 15 is 0 Å². The van der Waals surface area contributed by atoms with Gasteiger partial charge in [-0.1, -0.05) is 6.07 Å². The molecule has 2 fully saturated rings. The summed E-state index contributed by atoms with van der Waals surface area (Å²) < 4.78 is 10.7. The Bertz CT molecular complexity index is 890. The number of piperazine rings is 1. The maximum absolute atomic E-state index is 12.7. The number of anilines is 2. The number of carbonyl (C=O) groups excluding carboxylic acids is 1. The van der Waals surface area contributed by atoms with Gasteiger partial charge in [-0.25, -0.2) is 0 Å². The molecule has 8 heteroatoms. The third kappa shape index (κ3) is 3.99. The van der Waals surface area contributed by atoms with Crippen molar-refractivity contribution in [2.24, 2.45) is 0 Å². The quantitative estimate of drug-likeness (QED) is 0.766. The number of fused-ring (bicyclic) bond motifs is 1. The van der Waals surface area contributed by atoms with Crippen molar-refractivity contribution in [3.63, 3.8) is 0 Å². The van der Waals surface area contributed by atoms with E-state index in [2.05, 4.69) is 32.1 Å². The number of hydrogen-bond donors (Lipinski definition) is 0. The Labute approximate surface area is 176 Å². The van der Waals surface area contributed by atoms with Crippen molar-refractivity contribution in [2.75, 3.05) is 55.9 Å². The van der Waals surface area contributed by atoms with Gasteiger partial charge in [0.05, 0.1) is 6.42 Å². The van der Waals surface area contributed by atoms with E-state index in [1.54, 1.807) is 0 Å². The van der Waals surface area contributed by atoms with Crippen molar-refractivity contribution < 1.29 is 14.3 Å². The smallest absolute Gasteiger partial charge is 0.231 e. The molecule has 1 aromatic heterocycles. The first kappa shape index (κ1) is 19.0. The Morgan fingerprint density at radius 1 is 0.800 bits per heavy atom. The molecule has 0 spiro atoms. The summed E-state index contributed by atoms with van der Waals surface area (Å²) in [5.74, 6) is 3.46. The van der Waals surface area contributed by atoms with E-state index < -0.39 is 0 Å². The Morgan fingerprint density at radius 2 is 1.47 bits per heavy atom. The maximum Gasteiger partial charge on any atom is 0.231 e. The number of piperidine rings is 1. The van der Waals surface area contributed by atoms with Gasteiger partial charge in [-0.05, 0) is 49.1 Å². The Balaban J connectivity index is 1.14. The van der Waals surface area contributed by atoms with E-state index in [1.807, 2.05) is 23.1 Å². The van der Waals surface area contributed by atoms with Crippen molar-refractivity contribution in [3.8, 4) is 11.5 Å². The molecular formula is C22H27N5O3. The van der Waals surface area contributed by atoms with Crippen LogP contribution in [0.2, 0.25) is 0 Å². The molecule has 0 radical (unpaired) electrons. The molecule has 0 bridgehead atoms. The number of ether oxygens (including phenoxy) is 2.